The normalized spacial score (nSPS) is 34.3. The molecule has 0 aromatic heterocycles. The van der Waals surface area contributed by atoms with Crippen LogP contribution in [0, 0.1) is 5.92 Å². The summed E-state index contributed by atoms with van der Waals surface area (Å²) in [5.41, 5.74) is -2.08. The number of halogens is 1. The third-order valence-corrected chi connectivity index (χ3v) is 4.18. The van der Waals surface area contributed by atoms with Crippen molar-refractivity contribution in [1.82, 2.24) is 0 Å². The highest BCUT2D eigenvalue weighted by Gasteiger charge is 2.49. The van der Waals surface area contributed by atoms with E-state index in [1.165, 1.54) is 6.92 Å². The molecule has 1 aliphatic heterocycles. The number of sulfone groups is 1. The van der Waals surface area contributed by atoms with Gasteiger partial charge in [-0.15, -0.1) is 0 Å². The van der Waals surface area contributed by atoms with Crippen LogP contribution in [0.4, 0.5) is 4.39 Å². The maximum atomic E-state index is 13.7. The average molecular weight is 210 g/mol. The van der Waals surface area contributed by atoms with E-state index in [4.69, 9.17) is 5.11 Å². The summed E-state index contributed by atoms with van der Waals surface area (Å²) < 4.78 is 35.6. The molecule has 0 aromatic carbocycles. The Morgan fingerprint density at radius 3 is 2.46 bits per heavy atom. The van der Waals surface area contributed by atoms with Gasteiger partial charge in [-0.05, 0) is 13.3 Å². The molecule has 1 heterocycles. The molecule has 0 amide bonds. The number of carboxylic acid groups (broad SMARTS) is 1. The second-order valence-corrected chi connectivity index (χ2v) is 5.62. The monoisotopic (exact) mass is 210 g/mol. The van der Waals surface area contributed by atoms with Gasteiger partial charge in [-0.1, -0.05) is 0 Å². The second kappa shape index (κ2) is 2.94. The van der Waals surface area contributed by atoms with Gasteiger partial charge in [0.2, 0.25) is 0 Å². The molecule has 0 saturated carbocycles. The quantitative estimate of drug-likeness (QED) is 0.708. The first-order valence-electron chi connectivity index (χ1n) is 3.89. The van der Waals surface area contributed by atoms with Gasteiger partial charge in [-0.3, -0.25) is 4.79 Å². The van der Waals surface area contributed by atoms with Crippen molar-refractivity contribution >= 4 is 15.8 Å². The Kier molecular flexibility index (Phi) is 2.36. The SMILES string of the molecule is CC(C(=O)O)C1(F)CCS(=O)(=O)C1. The van der Waals surface area contributed by atoms with Crippen molar-refractivity contribution in [2.75, 3.05) is 11.5 Å². The molecule has 2 atom stereocenters. The van der Waals surface area contributed by atoms with Crippen LogP contribution in [0.2, 0.25) is 0 Å². The lowest BCUT2D eigenvalue weighted by atomic mass is 9.90. The van der Waals surface area contributed by atoms with E-state index in [1.54, 1.807) is 0 Å². The molecule has 6 heteroatoms. The summed E-state index contributed by atoms with van der Waals surface area (Å²) in [5, 5.41) is 8.54. The molecule has 76 valence electrons. The van der Waals surface area contributed by atoms with Gasteiger partial charge in [-0.25, -0.2) is 12.8 Å². The molecule has 0 spiro atoms. The van der Waals surface area contributed by atoms with Gasteiger partial charge in [0.15, 0.2) is 9.84 Å². The fraction of sp³-hybridized carbons (Fsp3) is 0.857. The lowest BCUT2D eigenvalue weighted by Crippen LogP contribution is -2.37. The molecule has 1 saturated heterocycles. The molecule has 0 aliphatic carbocycles. The molecule has 1 rings (SSSR count). The van der Waals surface area contributed by atoms with Crippen LogP contribution in [0.5, 0.6) is 0 Å². The van der Waals surface area contributed by atoms with Gasteiger partial charge in [0.05, 0.1) is 17.4 Å². The summed E-state index contributed by atoms with van der Waals surface area (Å²) in [6, 6.07) is 0. The maximum Gasteiger partial charge on any atom is 0.309 e. The number of hydrogen-bond acceptors (Lipinski definition) is 3. The van der Waals surface area contributed by atoms with E-state index < -0.39 is 33.1 Å². The highest BCUT2D eigenvalue weighted by atomic mass is 32.2. The van der Waals surface area contributed by atoms with Crippen LogP contribution in [0.15, 0.2) is 0 Å². The zero-order chi connectivity index (χ0) is 10.3. The fourth-order valence-corrected chi connectivity index (χ4v) is 3.32. The van der Waals surface area contributed by atoms with E-state index >= 15 is 0 Å². The molecule has 2 unspecified atom stereocenters. The first-order valence-corrected chi connectivity index (χ1v) is 5.71. The van der Waals surface area contributed by atoms with Crippen molar-refractivity contribution in [3.8, 4) is 0 Å². The molecule has 0 bridgehead atoms. The van der Waals surface area contributed by atoms with Crippen molar-refractivity contribution in [3.05, 3.63) is 0 Å². The van der Waals surface area contributed by atoms with Gasteiger partial charge >= 0.3 is 5.97 Å². The minimum absolute atomic E-state index is 0.206. The summed E-state index contributed by atoms with van der Waals surface area (Å²) in [6.45, 7) is 1.20. The van der Waals surface area contributed by atoms with E-state index in [9.17, 15) is 17.6 Å². The Hall–Kier alpha value is -0.650. The largest absolute Gasteiger partial charge is 0.481 e. The topological polar surface area (TPSA) is 71.4 Å². The Morgan fingerprint density at radius 1 is 1.62 bits per heavy atom. The number of alkyl halides is 1. The van der Waals surface area contributed by atoms with Gasteiger partial charge in [0, 0.05) is 0 Å². The number of aliphatic carboxylic acids is 1. The first kappa shape index (κ1) is 10.4. The molecular weight excluding hydrogens is 199 g/mol. The van der Waals surface area contributed by atoms with E-state index in [0.29, 0.717) is 0 Å². The Labute approximate surface area is 75.7 Å². The Morgan fingerprint density at radius 2 is 2.15 bits per heavy atom. The summed E-state index contributed by atoms with van der Waals surface area (Å²) >= 11 is 0. The van der Waals surface area contributed by atoms with Crippen LogP contribution in [0.3, 0.4) is 0 Å². The first-order chi connectivity index (χ1) is 5.77. The smallest absolute Gasteiger partial charge is 0.309 e. The number of carbonyl (C=O) groups is 1. The van der Waals surface area contributed by atoms with Crippen molar-refractivity contribution in [1.29, 1.82) is 0 Å². The molecule has 1 fully saturated rings. The summed E-state index contributed by atoms with van der Waals surface area (Å²) in [6.07, 6.45) is -0.206. The van der Waals surface area contributed by atoms with Gasteiger partial charge < -0.3 is 5.11 Å². The zero-order valence-corrected chi connectivity index (χ0v) is 7.97. The predicted octanol–water partition coefficient (Wildman–Crippen LogP) is 0.234. The molecule has 1 N–H and O–H groups in total. The van der Waals surface area contributed by atoms with Crippen molar-refractivity contribution < 1.29 is 22.7 Å². The molecule has 4 nitrogen and oxygen atoms in total. The summed E-state index contributed by atoms with van der Waals surface area (Å²) in [4.78, 5) is 10.5. The lowest BCUT2D eigenvalue weighted by molar-refractivity contribution is -0.145. The third kappa shape index (κ3) is 1.99. The van der Waals surface area contributed by atoms with Gasteiger partial charge in [-0.2, -0.15) is 0 Å². The summed E-state index contributed by atoms with van der Waals surface area (Å²) in [5.74, 6) is -3.46. The minimum Gasteiger partial charge on any atom is -0.481 e. The van der Waals surface area contributed by atoms with Crippen LogP contribution in [-0.2, 0) is 14.6 Å². The Balaban J connectivity index is 2.87. The van der Waals surface area contributed by atoms with Crippen LogP contribution in [0.1, 0.15) is 13.3 Å². The fourth-order valence-electron chi connectivity index (χ4n) is 1.40. The van der Waals surface area contributed by atoms with Crippen LogP contribution < -0.4 is 0 Å². The Bertz CT molecular complexity index is 323. The molecule has 1 aliphatic rings. The summed E-state index contributed by atoms with van der Waals surface area (Å²) in [7, 11) is -3.37. The zero-order valence-electron chi connectivity index (χ0n) is 7.16. The molecular formula is C7H11FO4S. The van der Waals surface area contributed by atoms with Crippen molar-refractivity contribution in [2.45, 2.75) is 19.0 Å². The highest BCUT2D eigenvalue weighted by Crippen LogP contribution is 2.34. The van der Waals surface area contributed by atoms with Crippen molar-refractivity contribution in [3.63, 3.8) is 0 Å². The molecule has 13 heavy (non-hydrogen) atoms. The third-order valence-electron chi connectivity index (χ3n) is 2.43. The predicted molar refractivity (Wildman–Crippen MR) is 43.9 cm³/mol. The van der Waals surface area contributed by atoms with E-state index in [-0.39, 0.29) is 12.2 Å². The number of rotatable bonds is 2. The van der Waals surface area contributed by atoms with Crippen molar-refractivity contribution in [2.24, 2.45) is 5.92 Å². The molecule has 0 radical (unpaired) electrons. The lowest BCUT2D eigenvalue weighted by Gasteiger charge is -2.21. The van der Waals surface area contributed by atoms with Gasteiger partial charge in [0.1, 0.15) is 5.67 Å². The van der Waals surface area contributed by atoms with Crippen LogP contribution in [-0.4, -0.2) is 36.7 Å². The highest BCUT2D eigenvalue weighted by molar-refractivity contribution is 7.91. The van der Waals surface area contributed by atoms with Gasteiger partial charge in [0.25, 0.3) is 0 Å². The minimum atomic E-state index is -3.37. The number of hydrogen-bond donors (Lipinski definition) is 1. The molecule has 0 aromatic rings. The van der Waals surface area contributed by atoms with E-state index in [1.807, 2.05) is 0 Å². The number of carboxylic acids is 1. The van der Waals surface area contributed by atoms with Crippen LogP contribution >= 0.6 is 0 Å². The second-order valence-electron chi connectivity index (χ2n) is 3.44. The van der Waals surface area contributed by atoms with E-state index in [2.05, 4.69) is 0 Å². The average Bonchev–Trinajstić information content (AvgIpc) is 2.25. The van der Waals surface area contributed by atoms with Crippen LogP contribution in [0.25, 0.3) is 0 Å². The maximum absolute atomic E-state index is 13.7. The standard InChI is InChI=1S/C7H11FO4S/c1-5(6(9)10)7(8)2-3-13(11,12)4-7/h5H,2-4H2,1H3,(H,9,10). The van der Waals surface area contributed by atoms with E-state index in [0.717, 1.165) is 0 Å².